The molecule has 5 heteroatoms. The maximum absolute atomic E-state index is 10.3. The monoisotopic (exact) mass is 190 g/mol. The third kappa shape index (κ3) is 7.55. The molecule has 0 saturated carbocycles. The van der Waals surface area contributed by atoms with Gasteiger partial charge in [-0.2, -0.15) is 0 Å². The summed E-state index contributed by atoms with van der Waals surface area (Å²) >= 11 is 0. The summed E-state index contributed by atoms with van der Waals surface area (Å²) in [6, 6.07) is 0. The van der Waals surface area contributed by atoms with Crippen molar-refractivity contribution in [2.75, 3.05) is 13.2 Å². The zero-order chi connectivity index (χ0) is 10.1. The number of aliphatic hydroxyl groups is 1. The van der Waals surface area contributed by atoms with Gasteiger partial charge in [0.05, 0.1) is 6.17 Å². The SMILES string of the molecule is CCCC(NCCCO)NC(=O)O. The van der Waals surface area contributed by atoms with Crippen LogP contribution >= 0.6 is 0 Å². The Morgan fingerprint density at radius 1 is 1.54 bits per heavy atom. The van der Waals surface area contributed by atoms with Crippen molar-refractivity contribution >= 4 is 6.09 Å². The highest BCUT2D eigenvalue weighted by Crippen LogP contribution is 1.92. The van der Waals surface area contributed by atoms with E-state index in [9.17, 15) is 4.79 Å². The van der Waals surface area contributed by atoms with Crippen LogP contribution in [0.2, 0.25) is 0 Å². The molecule has 0 heterocycles. The Hall–Kier alpha value is -0.810. The van der Waals surface area contributed by atoms with Crippen molar-refractivity contribution < 1.29 is 15.0 Å². The molecular formula is C8H18N2O3. The lowest BCUT2D eigenvalue weighted by molar-refractivity contribution is 0.185. The first-order valence-corrected chi connectivity index (χ1v) is 4.54. The molecular weight excluding hydrogens is 172 g/mol. The Morgan fingerprint density at radius 2 is 2.23 bits per heavy atom. The summed E-state index contributed by atoms with van der Waals surface area (Å²) in [5, 5.41) is 22.3. The predicted octanol–water partition coefficient (Wildman–Crippen LogP) is 0.352. The average molecular weight is 190 g/mol. The lowest BCUT2D eigenvalue weighted by atomic mass is 10.2. The van der Waals surface area contributed by atoms with Crippen LogP contribution in [0.15, 0.2) is 0 Å². The Bertz CT molecular complexity index is 141. The molecule has 0 rings (SSSR count). The van der Waals surface area contributed by atoms with Crippen molar-refractivity contribution in [2.45, 2.75) is 32.4 Å². The number of nitrogens with one attached hydrogen (secondary N) is 2. The summed E-state index contributed by atoms with van der Waals surface area (Å²) in [5.41, 5.74) is 0. The average Bonchev–Trinajstić information content (AvgIpc) is 2.04. The van der Waals surface area contributed by atoms with Gasteiger partial charge in [0, 0.05) is 6.61 Å². The van der Waals surface area contributed by atoms with Gasteiger partial charge in [-0.25, -0.2) is 4.79 Å². The highest BCUT2D eigenvalue weighted by atomic mass is 16.4. The molecule has 1 amide bonds. The molecule has 13 heavy (non-hydrogen) atoms. The van der Waals surface area contributed by atoms with Gasteiger partial charge in [-0.3, -0.25) is 5.32 Å². The first-order valence-electron chi connectivity index (χ1n) is 4.54. The molecule has 0 radical (unpaired) electrons. The van der Waals surface area contributed by atoms with Crippen molar-refractivity contribution in [1.82, 2.24) is 10.6 Å². The van der Waals surface area contributed by atoms with Gasteiger partial charge >= 0.3 is 6.09 Å². The van der Waals surface area contributed by atoms with Crippen molar-refractivity contribution in [2.24, 2.45) is 0 Å². The second-order valence-electron chi connectivity index (χ2n) is 2.82. The van der Waals surface area contributed by atoms with E-state index in [4.69, 9.17) is 10.2 Å². The lowest BCUT2D eigenvalue weighted by Crippen LogP contribution is -2.45. The zero-order valence-corrected chi connectivity index (χ0v) is 7.92. The molecule has 0 aliphatic carbocycles. The third-order valence-corrected chi connectivity index (χ3v) is 1.60. The number of aliphatic hydroxyl groups excluding tert-OH is 1. The summed E-state index contributed by atoms with van der Waals surface area (Å²) in [4.78, 5) is 10.3. The minimum atomic E-state index is -1.02. The zero-order valence-electron chi connectivity index (χ0n) is 7.92. The second kappa shape index (κ2) is 7.82. The summed E-state index contributed by atoms with van der Waals surface area (Å²) < 4.78 is 0. The van der Waals surface area contributed by atoms with Crippen LogP contribution in [-0.4, -0.2) is 35.6 Å². The van der Waals surface area contributed by atoms with Gasteiger partial charge in [0.15, 0.2) is 0 Å². The molecule has 0 aromatic carbocycles. The van der Waals surface area contributed by atoms with Crippen LogP contribution < -0.4 is 10.6 Å². The normalized spacial score (nSPS) is 12.5. The van der Waals surface area contributed by atoms with Crippen LogP contribution in [0.1, 0.15) is 26.2 Å². The Labute approximate surface area is 78.1 Å². The van der Waals surface area contributed by atoms with Crippen LogP contribution in [0, 0.1) is 0 Å². The van der Waals surface area contributed by atoms with Crippen LogP contribution in [-0.2, 0) is 0 Å². The molecule has 0 aromatic heterocycles. The first-order chi connectivity index (χ1) is 6.20. The molecule has 0 bridgehead atoms. The molecule has 0 aliphatic heterocycles. The quantitative estimate of drug-likeness (QED) is 0.345. The number of hydrogen-bond acceptors (Lipinski definition) is 3. The predicted molar refractivity (Wildman–Crippen MR) is 49.6 cm³/mol. The molecule has 5 nitrogen and oxygen atoms in total. The molecule has 0 aromatic rings. The lowest BCUT2D eigenvalue weighted by Gasteiger charge is -2.17. The van der Waals surface area contributed by atoms with Gasteiger partial charge in [-0.15, -0.1) is 0 Å². The van der Waals surface area contributed by atoms with Gasteiger partial charge in [-0.05, 0) is 19.4 Å². The summed E-state index contributed by atoms with van der Waals surface area (Å²) in [5.74, 6) is 0. The molecule has 0 fully saturated rings. The third-order valence-electron chi connectivity index (χ3n) is 1.60. The van der Waals surface area contributed by atoms with Crippen LogP contribution in [0.4, 0.5) is 4.79 Å². The maximum atomic E-state index is 10.3. The second-order valence-corrected chi connectivity index (χ2v) is 2.82. The summed E-state index contributed by atoms with van der Waals surface area (Å²) in [6.45, 7) is 2.74. The fourth-order valence-corrected chi connectivity index (χ4v) is 1.02. The highest BCUT2D eigenvalue weighted by Gasteiger charge is 2.07. The molecule has 1 atom stereocenters. The summed E-state index contributed by atoms with van der Waals surface area (Å²) in [7, 11) is 0. The number of carbonyl (C=O) groups is 1. The van der Waals surface area contributed by atoms with Crippen LogP contribution in [0.3, 0.4) is 0 Å². The molecule has 78 valence electrons. The smallest absolute Gasteiger partial charge is 0.405 e. The van der Waals surface area contributed by atoms with Gasteiger partial charge in [0.25, 0.3) is 0 Å². The maximum Gasteiger partial charge on any atom is 0.405 e. The Balaban J connectivity index is 3.59. The largest absolute Gasteiger partial charge is 0.465 e. The van der Waals surface area contributed by atoms with Crippen molar-refractivity contribution in [3.8, 4) is 0 Å². The van der Waals surface area contributed by atoms with Gasteiger partial charge in [0.1, 0.15) is 0 Å². The summed E-state index contributed by atoms with van der Waals surface area (Å²) in [6.07, 6.45) is 1.10. The van der Waals surface area contributed by atoms with Gasteiger partial charge < -0.3 is 15.5 Å². The molecule has 1 unspecified atom stereocenters. The van der Waals surface area contributed by atoms with E-state index in [0.717, 1.165) is 12.8 Å². The number of rotatable bonds is 7. The van der Waals surface area contributed by atoms with Crippen molar-refractivity contribution in [3.05, 3.63) is 0 Å². The van der Waals surface area contributed by atoms with E-state index in [2.05, 4.69) is 10.6 Å². The number of carboxylic acid groups (broad SMARTS) is 1. The van der Waals surface area contributed by atoms with Crippen molar-refractivity contribution in [3.63, 3.8) is 0 Å². The van der Waals surface area contributed by atoms with E-state index < -0.39 is 6.09 Å². The van der Waals surface area contributed by atoms with Crippen LogP contribution in [0.25, 0.3) is 0 Å². The van der Waals surface area contributed by atoms with Gasteiger partial charge in [0.2, 0.25) is 0 Å². The van der Waals surface area contributed by atoms with Crippen molar-refractivity contribution in [1.29, 1.82) is 0 Å². The topological polar surface area (TPSA) is 81.6 Å². The standard InChI is InChI=1S/C8H18N2O3/c1-2-4-7(10-8(12)13)9-5-3-6-11/h7,9-11H,2-6H2,1H3,(H,12,13). The minimum absolute atomic E-state index is 0.124. The number of amides is 1. The fourth-order valence-electron chi connectivity index (χ4n) is 1.02. The highest BCUT2D eigenvalue weighted by molar-refractivity contribution is 5.64. The minimum Gasteiger partial charge on any atom is -0.465 e. The van der Waals surface area contributed by atoms with Gasteiger partial charge in [-0.1, -0.05) is 13.3 Å². The van der Waals surface area contributed by atoms with Crippen LogP contribution in [0.5, 0.6) is 0 Å². The Kier molecular flexibility index (Phi) is 7.33. The Morgan fingerprint density at radius 3 is 2.69 bits per heavy atom. The molecule has 4 N–H and O–H groups in total. The van der Waals surface area contributed by atoms with E-state index in [1.165, 1.54) is 0 Å². The van der Waals surface area contributed by atoms with E-state index >= 15 is 0 Å². The van der Waals surface area contributed by atoms with E-state index in [1.807, 2.05) is 6.92 Å². The van der Waals surface area contributed by atoms with E-state index in [0.29, 0.717) is 13.0 Å². The fraction of sp³-hybridized carbons (Fsp3) is 0.875. The first kappa shape index (κ1) is 12.2. The van der Waals surface area contributed by atoms with E-state index in [1.54, 1.807) is 0 Å². The molecule has 0 saturated heterocycles. The van der Waals surface area contributed by atoms with E-state index in [-0.39, 0.29) is 12.8 Å². The molecule has 0 spiro atoms. The number of hydrogen-bond donors (Lipinski definition) is 4. The molecule has 0 aliphatic rings.